The normalized spacial score (nSPS) is 24.6. The van der Waals surface area contributed by atoms with Crippen molar-refractivity contribution in [1.29, 1.82) is 0 Å². The van der Waals surface area contributed by atoms with Crippen LogP contribution in [0.3, 0.4) is 0 Å². The van der Waals surface area contributed by atoms with Gasteiger partial charge in [0.25, 0.3) is 5.91 Å². The molecule has 126 valence electrons. The smallest absolute Gasteiger partial charge is 0.289 e. The fraction of sp³-hybridized carbons (Fsp3) is 0.474. The molecule has 24 heavy (non-hydrogen) atoms. The van der Waals surface area contributed by atoms with Crippen molar-refractivity contribution in [2.24, 2.45) is 5.41 Å². The first-order valence-corrected chi connectivity index (χ1v) is 8.63. The second kappa shape index (κ2) is 6.06. The van der Waals surface area contributed by atoms with Crippen molar-refractivity contribution in [3.63, 3.8) is 0 Å². The Morgan fingerprint density at radius 2 is 1.96 bits per heavy atom. The molecule has 5 nitrogen and oxygen atoms in total. The molecule has 1 amide bonds. The Morgan fingerprint density at radius 3 is 2.71 bits per heavy atom. The Hall–Kier alpha value is -2.14. The summed E-state index contributed by atoms with van der Waals surface area (Å²) in [5, 5.41) is 0. The lowest BCUT2D eigenvalue weighted by atomic mass is 9.79. The third-order valence-corrected chi connectivity index (χ3v) is 5.36. The van der Waals surface area contributed by atoms with E-state index in [1.54, 1.807) is 18.5 Å². The first kappa shape index (κ1) is 15.4. The van der Waals surface area contributed by atoms with Crippen molar-refractivity contribution >= 4 is 5.91 Å². The number of pyridine rings is 1. The summed E-state index contributed by atoms with van der Waals surface area (Å²) in [4.78, 5) is 21.2. The first-order valence-electron chi connectivity index (χ1n) is 8.63. The zero-order chi connectivity index (χ0) is 16.6. The lowest BCUT2D eigenvalue weighted by Crippen LogP contribution is -2.47. The number of carbonyl (C=O) groups is 1. The second-order valence-corrected chi connectivity index (χ2v) is 7.22. The first-order chi connectivity index (χ1) is 11.7. The summed E-state index contributed by atoms with van der Waals surface area (Å²) < 4.78 is 5.83. The second-order valence-electron chi connectivity index (χ2n) is 7.22. The van der Waals surface area contributed by atoms with E-state index >= 15 is 0 Å². The molecule has 2 saturated heterocycles. The van der Waals surface area contributed by atoms with E-state index in [0.29, 0.717) is 11.5 Å². The van der Waals surface area contributed by atoms with Crippen LogP contribution in [0.2, 0.25) is 0 Å². The lowest BCUT2D eigenvalue weighted by molar-refractivity contribution is 0.0506. The molecule has 2 aromatic rings. The minimum atomic E-state index is 0.0175. The molecule has 0 aliphatic carbocycles. The van der Waals surface area contributed by atoms with Crippen LogP contribution in [-0.4, -0.2) is 53.9 Å². The minimum Gasteiger partial charge on any atom is -0.451 e. The van der Waals surface area contributed by atoms with Crippen molar-refractivity contribution < 1.29 is 9.21 Å². The molecule has 2 aliphatic heterocycles. The molecule has 5 heteroatoms. The fourth-order valence-electron chi connectivity index (χ4n) is 4.15. The van der Waals surface area contributed by atoms with Crippen molar-refractivity contribution in [2.45, 2.75) is 19.3 Å². The number of furan rings is 1. The van der Waals surface area contributed by atoms with Crippen LogP contribution in [0, 0.1) is 5.41 Å². The summed E-state index contributed by atoms with van der Waals surface area (Å²) in [6.45, 7) is 3.91. The van der Waals surface area contributed by atoms with Gasteiger partial charge in [-0.25, -0.2) is 0 Å². The minimum absolute atomic E-state index is 0.0175. The van der Waals surface area contributed by atoms with Gasteiger partial charge in [-0.05, 0) is 57.1 Å². The predicted molar refractivity (Wildman–Crippen MR) is 91.6 cm³/mol. The highest BCUT2D eigenvalue weighted by Crippen LogP contribution is 2.38. The molecule has 2 aromatic heterocycles. The van der Waals surface area contributed by atoms with E-state index in [-0.39, 0.29) is 11.3 Å². The predicted octanol–water partition coefficient (Wildman–Crippen LogP) is 2.90. The maximum Gasteiger partial charge on any atom is 0.289 e. The van der Waals surface area contributed by atoms with Crippen molar-refractivity contribution in [3.8, 4) is 11.3 Å². The SMILES string of the molecule is CN1CCC2(CCCN(C(=O)c3ccc(-c4ccncc4)o3)C2)C1. The van der Waals surface area contributed by atoms with Gasteiger partial charge in [0.15, 0.2) is 5.76 Å². The summed E-state index contributed by atoms with van der Waals surface area (Å²) in [7, 11) is 2.17. The quantitative estimate of drug-likeness (QED) is 0.852. The molecule has 0 N–H and O–H groups in total. The van der Waals surface area contributed by atoms with Crippen LogP contribution in [-0.2, 0) is 0 Å². The van der Waals surface area contributed by atoms with E-state index in [1.807, 2.05) is 23.1 Å². The fourth-order valence-corrected chi connectivity index (χ4v) is 4.15. The third kappa shape index (κ3) is 2.84. The molecule has 1 atom stereocenters. The van der Waals surface area contributed by atoms with Crippen molar-refractivity contribution in [1.82, 2.24) is 14.8 Å². The van der Waals surface area contributed by atoms with Crippen LogP contribution in [0.1, 0.15) is 29.8 Å². The van der Waals surface area contributed by atoms with E-state index < -0.39 is 0 Å². The van der Waals surface area contributed by atoms with Crippen molar-refractivity contribution in [2.75, 3.05) is 33.2 Å². The van der Waals surface area contributed by atoms with Crippen LogP contribution in [0.25, 0.3) is 11.3 Å². The van der Waals surface area contributed by atoms with Crippen LogP contribution in [0.5, 0.6) is 0 Å². The monoisotopic (exact) mass is 325 g/mol. The molecule has 2 aliphatic rings. The molecule has 0 aromatic carbocycles. The Labute approximate surface area is 142 Å². The number of piperidine rings is 1. The van der Waals surface area contributed by atoms with E-state index in [1.165, 1.54) is 12.8 Å². The Kier molecular flexibility index (Phi) is 3.88. The number of carbonyl (C=O) groups excluding carboxylic acids is 1. The Morgan fingerprint density at radius 1 is 1.12 bits per heavy atom. The van der Waals surface area contributed by atoms with Crippen LogP contribution in [0.4, 0.5) is 0 Å². The molecule has 4 rings (SSSR count). The zero-order valence-corrected chi connectivity index (χ0v) is 14.1. The molecule has 0 radical (unpaired) electrons. The maximum absolute atomic E-state index is 12.9. The molecule has 1 spiro atoms. The average molecular weight is 325 g/mol. The highest BCUT2D eigenvalue weighted by atomic mass is 16.4. The van der Waals surface area contributed by atoms with E-state index in [4.69, 9.17) is 4.42 Å². The molecule has 4 heterocycles. The van der Waals surface area contributed by atoms with E-state index in [2.05, 4.69) is 16.9 Å². The van der Waals surface area contributed by atoms with Crippen LogP contribution >= 0.6 is 0 Å². The van der Waals surface area contributed by atoms with Gasteiger partial charge in [-0.15, -0.1) is 0 Å². The zero-order valence-electron chi connectivity index (χ0n) is 14.1. The van der Waals surface area contributed by atoms with Gasteiger partial charge in [0, 0.05) is 43.0 Å². The van der Waals surface area contributed by atoms with Gasteiger partial charge >= 0.3 is 0 Å². The lowest BCUT2D eigenvalue weighted by Gasteiger charge is -2.40. The van der Waals surface area contributed by atoms with Gasteiger partial charge in [-0.2, -0.15) is 0 Å². The standard InChI is InChI=1S/C19H23N3O2/c1-21-12-8-19(13-21)7-2-11-22(14-19)18(23)17-4-3-16(24-17)15-5-9-20-10-6-15/h3-6,9-10H,2,7-8,11-14H2,1H3. The van der Waals surface area contributed by atoms with Crippen molar-refractivity contribution in [3.05, 3.63) is 42.4 Å². The number of amides is 1. The van der Waals surface area contributed by atoms with E-state index in [9.17, 15) is 4.79 Å². The van der Waals surface area contributed by atoms with E-state index in [0.717, 1.165) is 38.2 Å². The summed E-state index contributed by atoms with van der Waals surface area (Å²) in [6.07, 6.45) is 6.95. The van der Waals surface area contributed by atoms with Crippen LogP contribution in [0.15, 0.2) is 41.1 Å². The summed E-state index contributed by atoms with van der Waals surface area (Å²) >= 11 is 0. The van der Waals surface area contributed by atoms with Gasteiger partial charge in [0.05, 0.1) is 0 Å². The number of hydrogen-bond acceptors (Lipinski definition) is 4. The van der Waals surface area contributed by atoms with Gasteiger partial charge < -0.3 is 14.2 Å². The maximum atomic E-state index is 12.9. The molecule has 1 unspecified atom stereocenters. The molecule has 0 bridgehead atoms. The van der Waals surface area contributed by atoms with Gasteiger partial charge in [-0.3, -0.25) is 9.78 Å². The number of aromatic nitrogens is 1. The molecule has 0 saturated carbocycles. The van der Waals surface area contributed by atoms with Gasteiger partial charge in [0.1, 0.15) is 5.76 Å². The van der Waals surface area contributed by atoms with Crippen LogP contribution < -0.4 is 0 Å². The average Bonchev–Trinajstić information content (AvgIpc) is 3.23. The largest absolute Gasteiger partial charge is 0.451 e. The topological polar surface area (TPSA) is 49.6 Å². The highest BCUT2D eigenvalue weighted by molar-refractivity contribution is 5.92. The van der Waals surface area contributed by atoms with Gasteiger partial charge in [-0.1, -0.05) is 0 Å². The van der Waals surface area contributed by atoms with Gasteiger partial charge in [0.2, 0.25) is 0 Å². The Bertz CT molecular complexity index is 723. The molecule has 2 fully saturated rings. The Balaban J connectivity index is 1.51. The molecular weight excluding hydrogens is 302 g/mol. The third-order valence-electron chi connectivity index (χ3n) is 5.36. The summed E-state index contributed by atoms with van der Waals surface area (Å²) in [5.41, 5.74) is 1.22. The number of nitrogens with zero attached hydrogens (tertiary/aromatic N) is 3. The number of rotatable bonds is 2. The highest BCUT2D eigenvalue weighted by Gasteiger charge is 2.41. The number of hydrogen-bond donors (Lipinski definition) is 0. The summed E-state index contributed by atoms with van der Waals surface area (Å²) in [5.74, 6) is 1.17. The number of likely N-dealkylation sites (tertiary alicyclic amines) is 2. The summed E-state index contributed by atoms with van der Waals surface area (Å²) in [6, 6.07) is 7.43. The molecular formula is C19H23N3O2.